The number of nitro benzene ring substituents is 1. The van der Waals surface area contributed by atoms with Gasteiger partial charge >= 0.3 is 5.69 Å². The second-order valence-corrected chi connectivity index (χ2v) is 2.61. The molecule has 0 amide bonds. The van der Waals surface area contributed by atoms with E-state index in [1.54, 1.807) is 6.92 Å². The van der Waals surface area contributed by atoms with Crippen LogP contribution in [-0.2, 0) is 0 Å². The fraction of sp³-hybridized carbons (Fsp3) is 0.250. The van der Waals surface area contributed by atoms with E-state index in [-0.39, 0.29) is 12.4 Å². The fourth-order valence-electron chi connectivity index (χ4n) is 1.08. The van der Waals surface area contributed by atoms with Gasteiger partial charge in [0.05, 0.1) is 11.5 Å². The predicted octanol–water partition coefficient (Wildman–Crippen LogP) is 1.56. The molecule has 0 saturated carbocycles. The van der Waals surface area contributed by atoms with Crippen molar-refractivity contribution in [3.05, 3.63) is 38.4 Å². The third-order valence-electron chi connectivity index (χ3n) is 1.62. The summed E-state index contributed by atoms with van der Waals surface area (Å²) < 4.78 is 4.99. The summed E-state index contributed by atoms with van der Waals surface area (Å²) in [5, 5.41) is 19.7. The van der Waals surface area contributed by atoms with E-state index >= 15 is 0 Å². The molecule has 0 radical (unpaired) electrons. The van der Waals surface area contributed by atoms with Gasteiger partial charge in [0.25, 0.3) is 5.09 Å². The molecular weight excluding hydrogens is 220 g/mol. The zero-order chi connectivity index (χ0) is 12.1. The number of nitrogens with zero attached hydrogens (tertiary/aromatic N) is 2. The van der Waals surface area contributed by atoms with Crippen molar-refractivity contribution < 1.29 is 19.6 Å². The molecule has 1 rings (SSSR count). The number of benzene rings is 1. The molecule has 0 fully saturated rings. The molecule has 16 heavy (non-hydrogen) atoms. The van der Waals surface area contributed by atoms with Crippen LogP contribution in [0.5, 0.6) is 11.5 Å². The lowest BCUT2D eigenvalue weighted by atomic mass is 10.3. The average molecular weight is 228 g/mol. The highest BCUT2D eigenvalue weighted by Crippen LogP contribution is 2.36. The molecule has 0 aliphatic rings. The lowest BCUT2D eigenvalue weighted by molar-refractivity contribution is -0.712. The van der Waals surface area contributed by atoms with Crippen LogP contribution in [0.4, 0.5) is 5.69 Å². The van der Waals surface area contributed by atoms with Gasteiger partial charge in [-0.2, -0.15) is 0 Å². The van der Waals surface area contributed by atoms with E-state index in [0.717, 1.165) is 6.07 Å². The zero-order valence-electron chi connectivity index (χ0n) is 8.28. The lowest BCUT2D eigenvalue weighted by Crippen LogP contribution is -2.07. The summed E-state index contributed by atoms with van der Waals surface area (Å²) in [7, 11) is 0. The van der Waals surface area contributed by atoms with E-state index in [1.165, 1.54) is 12.1 Å². The smallest absolute Gasteiger partial charge is 0.303 e. The van der Waals surface area contributed by atoms with Gasteiger partial charge in [-0.3, -0.25) is 15.0 Å². The summed E-state index contributed by atoms with van der Waals surface area (Å²) in [5.41, 5.74) is -0.511. The average Bonchev–Trinajstić information content (AvgIpc) is 2.19. The summed E-state index contributed by atoms with van der Waals surface area (Å²) in [4.78, 5) is 24.2. The Morgan fingerprint density at radius 3 is 2.50 bits per heavy atom. The number of nitro groups is 1. The van der Waals surface area contributed by atoms with Crippen LogP contribution in [0.2, 0.25) is 0 Å². The topological polar surface area (TPSA) is 105 Å². The molecule has 0 saturated heterocycles. The van der Waals surface area contributed by atoms with Crippen LogP contribution in [-0.4, -0.2) is 16.6 Å². The van der Waals surface area contributed by atoms with Gasteiger partial charge in [-0.1, -0.05) is 6.07 Å². The van der Waals surface area contributed by atoms with Crippen LogP contribution in [0.25, 0.3) is 0 Å². The summed E-state index contributed by atoms with van der Waals surface area (Å²) in [6.45, 7) is 1.87. The zero-order valence-corrected chi connectivity index (χ0v) is 8.28. The van der Waals surface area contributed by atoms with Crippen LogP contribution < -0.4 is 9.57 Å². The minimum absolute atomic E-state index is 0.0339. The molecule has 0 aliphatic carbocycles. The molecule has 0 aromatic heterocycles. The van der Waals surface area contributed by atoms with Gasteiger partial charge in [0, 0.05) is 6.07 Å². The van der Waals surface area contributed by atoms with E-state index < -0.39 is 21.4 Å². The highest BCUT2D eigenvalue weighted by Gasteiger charge is 2.21. The molecule has 1 aromatic rings. The first-order valence-electron chi connectivity index (χ1n) is 4.28. The van der Waals surface area contributed by atoms with Gasteiger partial charge in [0.15, 0.2) is 5.75 Å². The monoisotopic (exact) mass is 228 g/mol. The largest absolute Gasteiger partial charge is 0.491 e. The maximum absolute atomic E-state index is 10.6. The van der Waals surface area contributed by atoms with Crippen LogP contribution in [0, 0.1) is 20.2 Å². The van der Waals surface area contributed by atoms with Crippen molar-refractivity contribution in [1.82, 2.24) is 0 Å². The highest BCUT2D eigenvalue weighted by atomic mass is 17.0. The number of para-hydroxylation sites is 1. The molecule has 0 bridgehead atoms. The van der Waals surface area contributed by atoms with Crippen molar-refractivity contribution in [2.45, 2.75) is 6.92 Å². The van der Waals surface area contributed by atoms with Crippen LogP contribution in [0.15, 0.2) is 18.2 Å². The van der Waals surface area contributed by atoms with Gasteiger partial charge in [-0.05, 0) is 13.0 Å². The van der Waals surface area contributed by atoms with Gasteiger partial charge in [-0.25, -0.2) is 0 Å². The molecule has 8 nitrogen and oxygen atoms in total. The third-order valence-corrected chi connectivity index (χ3v) is 1.62. The minimum atomic E-state index is -1.12. The number of hydrogen-bond acceptors (Lipinski definition) is 6. The van der Waals surface area contributed by atoms with Crippen molar-refractivity contribution in [2.24, 2.45) is 0 Å². The Hall–Kier alpha value is -2.38. The number of rotatable bonds is 5. The van der Waals surface area contributed by atoms with Crippen LogP contribution in [0.3, 0.4) is 0 Å². The first kappa shape index (κ1) is 11.7. The minimum Gasteiger partial charge on any atom is -0.491 e. The van der Waals surface area contributed by atoms with E-state index in [1.807, 2.05) is 0 Å². The van der Waals surface area contributed by atoms with Crippen molar-refractivity contribution in [1.29, 1.82) is 0 Å². The molecule has 8 heteroatoms. The quantitative estimate of drug-likeness (QED) is 0.559. The Morgan fingerprint density at radius 2 is 2.00 bits per heavy atom. The van der Waals surface area contributed by atoms with Crippen LogP contribution >= 0.6 is 0 Å². The van der Waals surface area contributed by atoms with Crippen molar-refractivity contribution in [2.75, 3.05) is 6.61 Å². The Kier molecular flexibility index (Phi) is 3.59. The highest BCUT2D eigenvalue weighted by molar-refractivity contribution is 5.55. The van der Waals surface area contributed by atoms with E-state index in [9.17, 15) is 20.2 Å². The molecule has 86 valence electrons. The Bertz CT molecular complexity index is 419. The van der Waals surface area contributed by atoms with Crippen molar-refractivity contribution in [3.63, 3.8) is 0 Å². The second kappa shape index (κ2) is 4.91. The van der Waals surface area contributed by atoms with Crippen molar-refractivity contribution >= 4 is 5.69 Å². The van der Waals surface area contributed by atoms with Gasteiger partial charge < -0.3 is 4.74 Å². The second-order valence-electron chi connectivity index (χ2n) is 2.61. The molecule has 0 atom stereocenters. The molecule has 0 aliphatic heterocycles. The molecular formula is C8H8N2O6. The third kappa shape index (κ3) is 2.56. The van der Waals surface area contributed by atoms with Gasteiger partial charge in [0.2, 0.25) is 5.75 Å². The predicted molar refractivity (Wildman–Crippen MR) is 51.9 cm³/mol. The first-order chi connectivity index (χ1) is 7.56. The molecule has 0 heterocycles. The summed E-state index contributed by atoms with van der Waals surface area (Å²) in [5.74, 6) is -0.534. The van der Waals surface area contributed by atoms with Crippen LogP contribution in [0.1, 0.15) is 6.92 Å². The number of hydrogen-bond donors (Lipinski definition) is 0. The summed E-state index contributed by atoms with van der Waals surface area (Å²) in [6.07, 6.45) is 0. The van der Waals surface area contributed by atoms with E-state index in [4.69, 9.17) is 4.74 Å². The molecule has 1 aromatic carbocycles. The molecule has 0 N–H and O–H groups in total. The van der Waals surface area contributed by atoms with Crippen molar-refractivity contribution in [3.8, 4) is 11.5 Å². The fourth-order valence-corrected chi connectivity index (χ4v) is 1.08. The summed E-state index contributed by atoms with van der Waals surface area (Å²) in [6, 6.07) is 3.81. The lowest BCUT2D eigenvalue weighted by Gasteiger charge is -2.07. The Labute approximate surface area is 89.6 Å². The first-order valence-corrected chi connectivity index (χ1v) is 4.28. The van der Waals surface area contributed by atoms with E-state index in [2.05, 4.69) is 4.84 Å². The maximum atomic E-state index is 10.6. The van der Waals surface area contributed by atoms with Gasteiger partial charge in [0.1, 0.15) is 0 Å². The Balaban J connectivity index is 3.22. The molecule has 0 unspecified atom stereocenters. The summed E-state index contributed by atoms with van der Waals surface area (Å²) >= 11 is 0. The van der Waals surface area contributed by atoms with Gasteiger partial charge in [-0.15, -0.1) is 10.1 Å². The maximum Gasteiger partial charge on any atom is 0.303 e. The molecule has 0 spiro atoms. The van der Waals surface area contributed by atoms with E-state index in [0.29, 0.717) is 0 Å². The number of ether oxygens (including phenoxy) is 1. The SMILES string of the molecule is CCOc1cccc([N+](=O)[O-])c1O[N+](=O)[O-]. The Morgan fingerprint density at radius 1 is 1.31 bits per heavy atom. The normalized spacial score (nSPS) is 9.56. The standard InChI is InChI=1S/C8H8N2O6/c1-2-15-7-5-3-4-6(9(11)12)8(7)16-10(13)14/h3-5H,2H2,1H3.